The monoisotopic (exact) mass is 330 g/mol. The standard InChI is InChI=1S/C22H22N2O/c1-16(17-9-4-2-5-10-17)24-22-19-13-8-14-23(19)15-20(25-24)21(22)18-11-6-3-7-12-18/h2-14,16,20-22H,15H2,1H3/t16-,20-,21-,22+/m1/s1. The molecule has 2 aliphatic heterocycles. The molecule has 0 N–H and O–H groups in total. The van der Waals surface area contributed by atoms with Crippen molar-refractivity contribution in [2.24, 2.45) is 0 Å². The summed E-state index contributed by atoms with van der Waals surface area (Å²) in [6.45, 7) is 3.15. The molecule has 0 radical (unpaired) electrons. The van der Waals surface area contributed by atoms with Gasteiger partial charge in [0.2, 0.25) is 0 Å². The maximum Gasteiger partial charge on any atom is 0.106 e. The van der Waals surface area contributed by atoms with Crippen molar-refractivity contribution >= 4 is 0 Å². The lowest BCUT2D eigenvalue weighted by atomic mass is 9.83. The van der Waals surface area contributed by atoms with Gasteiger partial charge in [-0.25, -0.2) is 0 Å². The predicted molar refractivity (Wildman–Crippen MR) is 97.9 cm³/mol. The molecular weight excluding hydrogens is 308 g/mol. The van der Waals surface area contributed by atoms with Crippen molar-refractivity contribution in [1.29, 1.82) is 0 Å². The molecule has 3 heteroatoms. The second-order valence-electron chi connectivity index (χ2n) is 7.06. The lowest BCUT2D eigenvalue weighted by molar-refractivity contribution is -0.185. The normalized spacial score (nSPS) is 26.4. The molecule has 25 heavy (non-hydrogen) atoms. The van der Waals surface area contributed by atoms with Gasteiger partial charge in [0, 0.05) is 17.8 Å². The van der Waals surface area contributed by atoms with Crippen LogP contribution in [0.4, 0.5) is 0 Å². The van der Waals surface area contributed by atoms with Gasteiger partial charge in [-0.05, 0) is 30.2 Å². The summed E-state index contributed by atoms with van der Waals surface area (Å²) in [5, 5.41) is 2.23. The zero-order chi connectivity index (χ0) is 16.8. The molecule has 0 aliphatic carbocycles. The zero-order valence-corrected chi connectivity index (χ0v) is 14.3. The molecule has 3 heterocycles. The summed E-state index contributed by atoms with van der Waals surface area (Å²) < 4.78 is 2.35. The lowest BCUT2D eigenvalue weighted by Gasteiger charge is -2.33. The van der Waals surface area contributed by atoms with E-state index in [1.807, 2.05) is 0 Å². The molecular formula is C22H22N2O. The summed E-state index contributed by atoms with van der Waals surface area (Å²) in [5.41, 5.74) is 4.01. The quantitative estimate of drug-likeness (QED) is 0.692. The Morgan fingerprint density at radius 2 is 1.64 bits per heavy atom. The van der Waals surface area contributed by atoms with E-state index in [9.17, 15) is 0 Å². The molecule has 5 rings (SSSR count). The third-order valence-electron chi connectivity index (χ3n) is 5.66. The van der Waals surface area contributed by atoms with Crippen LogP contribution in [0.25, 0.3) is 0 Å². The topological polar surface area (TPSA) is 17.4 Å². The van der Waals surface area contributed by atoms with Crippen LogP contribution in [0.5, 0.6) is 0 Å². The van der Waals surface area contributed by atoms with E-state index in [-0.39, 0.29) is 18.2 Å². The van der Waals surface area contributed by atoms with E-state index in [2.05, 4.69) is 95.5 Å². The first kappa shape index (κ1) is 14.9. The van der Waals surface area contributed by atoms with Gasteiger partial charge in [0.25, 0.3) is 0 Å². The number of fused-ring (bicyclic) bond motifs is 4. The minimum Gasteiger partial charge on any atom is -0.347 e. The number of nitrogens with zero attached hydrogens (tertiary/aromatic N) is 2. The molecule has 0 saturated carbocycles. The molecule has 2 bridgehead atoms. The molecule has 0 spiro atoms. The van der Waals surface area contributed by atoms with Crippen molar-refractivity contribution in [2.45, 2.75) is 37.6 Å². The van der Waals surface area contributed by atoms with Crippen molar-refractivity contribution in [1.82, 2.24) is 9.63 Å². The molecule has 0 amide bonds. The predicted octanol–water partition coefficient (Wildman–Crippen LogP) is 4.70. The molecule has 0 unspecified atom stereocenters. The van der Waals surface area contributed by atoms with Gasteiger partial charge in [-0.1, -0.05) is 60.7 Å². The molecule has 3 aromatic rings. The maximum atomic E-state index is 6.52. The van der Waals surface area contributed by atoms with Gasteiger partial charge in [-0.3, -0.25) is 4.84 Å². The third kappa shape index (κ3) is 2.35. The van der Waals surface area contributed by atoms with E-state index in [4.69, 9.17) is 4.84 Å². The first-order chi connectivity index (χ1) is 12.3. The van der Waals surface area contributed by atoms with Crippen LogP contribution >= 0.6 is 0 Å². The largest absolute Gasteiger partial charge is 0.347 e. The molecule has 126 valence electrons. The molecule has 4 atom stereocenters. The van der Waals surface area contributed by atoms with E-state index in [0.717, 1.165) is 6.54 Å². The number of rotatable bonds is 3. The highest BCUT2D eigenvalue weighted by molar-refractivity contribution is 5.31. The first-order valence-corrected chi connectivity index (χ1v) is 9.03. The third-order valence-corrected chi connectivity index (χ3v) is 5.66. The smallest absolute Gasteiger partial charge is 0.106 e. The highest BCUT2D eigenvalue weighted by Crippen LogP contribution is 2.52. The summed E-state index contributed by atoms with van der Waals surface area (Å²) in [4.78, 5) is 6.52. The Morgan fingerprint density at radius 3 is 2.40 bits per heavy atom. The maximum absolute atomic E-state index is 6.52. The van der Waals surface area contributed by atoms with Crippen LogP contribution in [0, 0.1) is 0 Å². The minimum atomic E-state index is 0.179. The number of benzene rings is 2. The first-order valence-electron chi connectivity index (χ1n) is 9.03. The van der Waals surface area contributed by atoms with Crippen LogP contribution in [0.15, 0.2) is 79.0 Å². The van der Waals surface area contributed by atoms with E-state index >= 15 is 0 Å². The van der Waals surface area contributed by atoms with Crippen molar-refractivity contribution in [3.8, 4) is 0 Å². The van der Waals surface area contributed by atoms with Crippen LogP contribution in [-0.2, 0) is 11.4 Å². The van der Waals surface area contributed by atoms with Crippen LogP contribution in [0.3, 0.4) is 0 Å². The minimum absolute atomic E-state index is 0.179. The van der Waals surface area contributed by atoms with E-state index in [1.165, 1.54) is 16.8 Å². The van der Waals surface area contributed by atoms with Gasteiger partial charge in [-0.2, -0.15) is 5.06 Å². The van der Waals surface area contributed by atoms with Crippen molar-refractivity contribution in [3.63, 3.8) is 0 Å². The summed E-state index contributed by atoms with van der Waals surface area (Å²) >= 11 is 0. The van der Waals surface area contributed by atoms with Crippen LogP contribution in [0.2, 0.25) is 0 Å². The lowest BCUT2D eigenvalue weighted by Crippen LogP contribution is -2.31. The Kier molecular flexibility index (Phi) is 3.51. The fraction of sp³-hybridized carbons (Fsp3) is 0.273. The SMILES string of the molecule is C[C@H](c1ccccc1)N1O[C@@H]2Cn3cccc3[C@H]1[C@@H]2c1ccccc1. The second-order valence-corrected chi connectivity index (χ2v) is 7.06. The Bertz CT molecular complexity index is 858. The number of hydrogen-bond acceptors (Lipinski definition) is 2. The van der Waals surface area contributed by atoms with Gasteiger partial charge >= 0.3 is 0 Å². The van der Waals surface area contributed by atoms with Crippen LogP contribution in [0.1, 0.15) is 41.7 Å². The summed E-state index contributed by atoms with van der Waals surface area (Å²) in [6.07, 6.45) is 2.36. The molecule has 1 saturated heterocycles. The number of aromatic nitrogens is 1. The Balaban J connectivity index is 1.58. The van der Waals surface area contributed by atoms with E-state index < -0.39 is 0 Å². The van der Waals surface area contributed by atoms with Gasteiger partial charge in [-0.15, -0.1) is 0 Å². The highest BCUT2D eigenvalue weighted by Gasteiger charge is 2.50. The average Bonchev–Trinajstić information content (AvgIpc) is 3.25. The van der Waals surface area contributed by atoms with Gasteiger partial charge < -0.3 is 4.57 Å². The van der Waals surface area contributed by atoms with E-state index in [0.29, 0.717) is 5.92 Å². The van der Waals surface area contributed by atoms with Crippen LogP contribution < -0.4 is 0 Å². The van der Waals surface area contributed by atoms with E-state index in [1.54, 1.807) is 0 Å². The second kappa shape index (κ2) is 5.87. The number of hydroxylamine groups is 2. The van der Waals surface area contributed by atoms with Crippen molar-refractivity contribution in [2.75, 3.05) is 0 Å². The zero-order valence-electron chi connectivity index (χ0n) is 14.3. The van der Waals surface area contributed by atoms with Crippen molar-refractivity contribution < 1.29 is 4.84 Å². The molecule has 2 aromatic carbocycles. The molecule has 1 fully saturated rings. The Morgan fingerprint density at radius 1 is 0.920 bits per heavy atom. The summed E-state index contributed by atoms with van der Waals surface area (Å²) in [6, 6.07) is 26.3. The van der Waals surface area contributed by atoms with Gasteiger partial charge in [0.05, 0.1) is 18.6 Å². The fourth-order valence-electron chi connectivity index (χ4n) is 4.45. The highest BCUT2D eigenvalue weighted by atomic mass is 16.7. The Labute approximate surface area is 148 Å². The van der Waals surface area contributed by atoms with Crippen molar-refractivity contribution in [3.05, 3.63) is 95.8 Å². The average molecular weight is 330 g/mol. The van der Waals surface area contributed by atoms with Gasteiger partial charge in [0.1, 0.15) is 6.10 Å². The number of hydrogen-bond donors (Lipinski definition) is 0. The summed E-state index contributed by atoms with van der Waals surface area (Å²) in [5.74, 6) is 0.370. The Hall–Kier alpha value is -2.36. The molecule has 1 aromatic heterocycles. The molecule has 2 aliphatic rings. The van der Waals surface area contributed by atoms with Crippen LogP contribution in [-0.4, -0.2) is 15.7 Å². The fourth-order valence-corrected chi connectivity index (χ4v) is 4.45. The van der Waals surface area contributed by atoms with Gasteiger partial charge in [0.15, 0.2) is 0 Å². The molecule has 3 nitrogen and oxygen atoms in total. The summed E-state index contributed by atoms with van der Waals surface area (Å²) in [7, 11) is 0.